The number of amides is 1. The van der Waals surface area contributed by atoms with Crippen molar-refractivity contribution in [3.05, 3.63) is 75.6 Å². The third-order valence-corrected chi connectivity index (χ3v) is 6.31. The molecule has 2 N–H and O–H groups in total. The van der Waals surface area contributed by atoms with E-state index in [1.54, 1.807) is 0 Å². The van der Waals surface area contributed by atoms with Crippen LogP contribution in [0.15, 0.2) is 63.8 Å². The van der Waals surface area contributed by atoms with Gasteiger partial charge in [-0.25, -0.2) is 0 Å². The molecule has 4 heteroatoms. The Bertz CT molecular complexity index is 1140. The van der Waals surface area contributed by atoms with Crippen LogP contribution in [0, 0.1) is 6.92 Å². The van der Waals surface area contributed by atoms with E-state index in [0.717, 1.165) is 66.0 Å². The largest absolute Gasteiger partial charge is 0.358 e. The van der Waals surface area contributed by atoms with Crippen molar-refractivity contribution in [1.82, 2.24) is 10.3 Å². The third-order valence-electron chi connectivity index (χ3n) is 6.31. The van der Waals surface area contributed by atoms with Gasteiger partial charge in [0.1, 0.15) is 0 Å². The Balaban J connectivity index is 1.67. The fourth-order valence-electron chi connectivity index (χ4n) is 4.33. The predicted molar refractivity (Wildman–Crippen MR) is 129 cm³/mol. The Hall–Kier alpha value is -3.14. The average molecular weight is 414 g/mol. The summed E-state index contributed by atoms with van der Waals surface area (Å²) in [5, 5.41) is 3.19. The smallest absolute Gasteiger partial charge is 0.251 e. The van der Waals surface area contributed by atoms with Gasteiger partial charge in [-0.05, 0) is 88.3 Å². The van der Waals surface area contributed by atoms with Gasteiger partial charge in [0.15, 0.2) is 0 Å². The monoisotopic (exact) mass is 413 g/mol. The van der Waals surface area contributed by atoms with Crippen molar-refractivity contribution in [2.45, 2.75) is 53.4 Å². The highest BCUT2D eigenvalue weighted by Crippen LogP contribution is 2.29. The van der Waals surface area contributed by atoms with Gasteiger partial charge in [-0.1, -0.05) is 29.8 Å². The first-order chi connectivity index (χ1) is 14.9. The lowest BCUT2D eigenvalue weighted by Gasteiger charge is -2.14. The highest BCUT2D eigenvalue weighted by atomic mass is 16.1. The van der Waals surface area contributed by atoms with Crippen molar-refractivity contribution >= 4 is 17.7 Å². The Labute approximate surface area is 184 Å². The lowest BCUT2D eigenvalue weighted by molar-refractivity contribution is -0.116. The lowest BCUT2D eigenvalue weighted by Crippen LogP contribution is -2.25. The number of aliphatic imine (C=N–C) groups is 1. The average Bonchev–Trinajstić information content (AvgIpc) is 3.03. The summed E-state index contributed by atoms with van der Waals surface area (Å²) < 4.78 is 0. The molecule has 4 rings (SSSR count). The molecule has 0 bridgehead atoms. The van der Waals surface area contributed by atoms with E-state index in [1.807, 2.05) is 13.8 Å². The molecule has 0 atom stereocenters. The zero-order valence-electron chi connectivity index (χ0n) is 18.9. The fraction of sp³-hybridized carbons (Fsp3) is 0.333. The van der Waals surface area contributed by atoms with E-state index < -0.39 is 0 Å². The predicted octanol–water partition coefficient (Wildman–Crippen LogP) is 5.91. The quantitative estimate of drug-likeness (QED) is 0.645. The van der Waals surface area contributed by atoms with Crippen LogP contribution in [0.5, 0.6) is 0 Å². The van der Waals surface area contributed by atoms with Gasteiger partial charge in [-0.3, -0.25) is 9.79 Å². The molecule has 2 aliphatic rings. The summed E-state index contributed by atoms with van der Waals surface area (Å²) in [6, 6.07) is 10.6. The second-order valence-corrected chi connectivity index (χ2v) is 8.65. The first kappa shape index (κ1) is 21.1. The SMILES string of the molecule is CC1=CC(NC(=O)C2=C(C)C(C)=NCCC2)=Cc2cc(-c3ccccc3C)[nH]c2CC1. The van der Waals surface area contributed by atoms with Crippen molar-refractivity contribution in [2.75, 3.05) is 6.54 Å². The molecule has 2 heterocycles. The molecule has 1 aromatic heterocycles. The zero-order valence-corrected chi connectivity index (χ0v) is 18.9. The number of fused-ring (bicyclic) bond motifs is 1. The van der Waals surface area contributed by atoms with Crippen molar-refractivity contribution in [3.8, 4) is 11.3 Å². The number of nitrogens with zero attached hydrogens (tertiary/aromatic N) is 1. The number of carbonyl (C=O) groups excluding carboxylic acids is 1. The molecule has 0 spiro atoms. The summed E-state index contributed by atoms with van der Waals surface area (Å²) in [7, 11) is 0. The van der Waals surface area contributed by atoms with Gasteiger partial charge in [0.05, 0.1) is 0 Å². The van der Waals surface area contributed by atoms with Crippen molar-refractivity contribution in [1.29, 1.82) is 0 Å². The van der Waals surface area contributed by atoms with Crippen molar-refractivity contribution < 1.29 is 4.79 Å². The van der Waals surface area contributed by atoms with E-state index in [2.05, 4.69) is 71.6 Å². The van der Waals surface area contributed by atoms with Crippen LogP contribution in [0.4, 0.5) is 0 Å². The summed E-state index contributed by atoms with van der Waals surface area (Å²) in [4.78, 5) is 21.3. The second kappa shape index (κ2) is 8.93. The summed E-state index contributed by atoms with van der Waals surface area (Å²) in [5.74, 6) is -0.0129. The maximum absolute atomic E-state index is 13.2. The van der Waals surface area contributed by atoms with E-state index in [-0.39, 0.29) is 5.91 Å². The number of hydrogen-bond donors (Lipinski definition) is 2. The fourth-order valence-corrected chi connectivity index (χ4v) is 4.33. The Kier molecular flexibility index (Phi) is 6.08. The molecule has 1 amide bonds. The first-order valence-corrected chi connectivity index (χ1v) is 11.1. The van der Waals surface area contributed by atoms with Gasteiger partial charge >= 0.3 is 0 Å². The number of carbonyl (C=O) groups is 1. The number of nitrogens with one attached hydrogen (secondary N) is 2. The molecule has 1 aliphatic heterocycles. The van der Waals surface area contributed by atoms with Gasteiger partial charge in [-0.2, -0.15) is 0 Å². The minimum atomic E-state index is -0.0129. The van der Waals surface area contributed by atoms with Crippen LogP contribution in [0.25, 0.3) is 17.3 Å². The van der Waals surface area contributed by atoms with Gasteiger partial charge in [0, 0.05) is 40.5 Å². The zero-order chi connectivity index (χ0) is 22.0. The van der Waals surface area contributed by atoms with Crippen LogP contribution < -0.4 is 5.32 Å². The number of H-pyrrole nitrogens is 1. The number of allylic oxidation sites excluding steroid dienone is 3. The van der Waals surface area contributed by atoms with Crippen LogP contribution >= 0.6 is 0 Å². The Morgan fingerprint density at radius 3 is 2.65 bits per heavy atom. The lowest BCUT2D eigenvalue weighted by atomic mass is 10.00. The number of aromatic amines is 1. The minimum absolute atomic E-state index is 0.0129. The molecule has 0 saturated carbocycles. The van der Waals surface area contributed by atoms with E-state index in [0.29, 0.717) is 0 Å². The number of aromatic nitrogens is 1. The van der Waals surface area contributed by atoms with Gasteiger partial charge in [0.25, 0.3) is 5.91 Å². The third kappa shape index (κ3) is 4.63. The molecule has 2 aromatic rings. The topological polar surface area (TPSA) is 57.2 Å². The van der Waals surface area contributed by atoms with E-state index in [1.165, 1.54) is 22.4 Å². The maximum atomic E-state index is 13.2. The molecule has 160 valence electrons. The molecular formula is C27H31N3O. The second-order valence-electron chi connectivity index (χ2n) is 8.65. The minimum Gasteiger partial charge on any atom is -0.358 e. The summed E-state index contributed by atoms with van der Waals surface area (Å²) in [6.45, 7) is 9.05. The van der Waals surface area contributed by atoms with Crippen molar-refractivity contribution in [2.24, 2.45) is 4.99 Å². The maximum Gasteiger partial charge on any atom is 0.251 e. The summed E-state index contributed by atoms with van der Waals surface area (Å²) in [6.07, 6.45) is 7.80. The van der Waals surface area contributed by atoms with Crippen molar-refractivity contribution in [3.63, 3.8) is 0 Å². The van der Waals surface area contributed by atoms with Crippen LogP contribution in [0.1, 0.15) is 56.9 Å². The van der Waals surface area contributed by atoms with E-state index >= 15 is 0 Å². The molecule has 1 aromatic carbocycles. The molecule has 0 radical (unpaired) electrons. The van der Waals surface area contributed by atoms with Gasteiger partial charge in [-0.15, -0.1) is 0 Å². The molecule has 0 saturated heterocycles. The number of hydrogen-bond acceptors (Lipinski definition) is 2. The van der Waals surface area contributed by atoms with Gasteiger partial charge < -0.3 is 10.3 Å². The number of benzene rings is 1. The summed E-state index contributed by atoms with van der Waals surface area (Å²) in [5.41, 5.74) is 10.9. The molecular weight excluding hydrogens is 382 g/mol. The first-order valence-electron chi connectivity index (χ1n) is 11.1. The molecule has 0 unspecified atom stereocenters. The van der Waals surface area contributed by atoms with Gasteiger partial charge in [0.2, 0.25) is 0 Å². The van der Waals surface area contributed by atoms with Crippen LogP contribution in [0.3, 0.4) is 0 Å². The highest BCUT2D eigenvalue weighted by molar-refractivity contribution is 6.07. The molecule has 31 heavy (non-hydrogen) atoms. The standard InChI is InChI=1S/C27H31N3O/c1-17-11-12-25-21(16-26(30-25)23-9-6-5-8-18(23)2)15-22(14-17)29-27(31)24-10-7-13-28-20(4)19(24)3/h5-6,8-9,14-16,30H,7,10-13H2,1-4H3,(H,29,31). The van der Waals surface area contributed by atoms with E-state index in [4.69, 9.17) is 0 Å². The van der Waals surface area contributed by atoms with Crippen LogP contribution in [-0.2, 0) is 11.2 Å². The highest BCUT2D eigenvalue weighted by Gasteiger charge is 2.19. The molecule has 0 fully saturated rings. The van der Waals surface area contributed by atoms with Crippen LogP contribution in [-0.4, -0.2) is 23.1 Å². The Morgan fingerprint density at radius 2 is 1.84 bits per heavy atom. The van der Waals surface area contributed by atoms with E-state index in [9.17, 15) is 4.79 Å². The Morgan fingerprint density at radius 1 is 1.03 bits per heavy atom. The normalized spacial score (nSPS) is 17.0. The molecule has 4 nitrogen and oxygen atoms in total. The number of rotatable bonds is 3. The van der Waals surface area contributed by atoms with Crippen LogP contribution in [0.2, 0.25) is 0 Å². The molecule has 1 aliphatic carbocycles. The number of aryl methyl sites for hydroxylation is 2. The summed E-state index contributed by atoms with van der Waals surface area (Å²) >= 11 is 0.